The third kappa shape index (κ3) is 4.71. The standard InChI is InChI=1S/C18H24ClN3O3/c19-14-7-3-2-6-13(14)16-17(25-12-15(23)21-16)18(24)20-8-11-22-9-4-1-5-10-22/h2-3,6-7,16-17H,1,4-5,8-12H2,(H,20,24)(H,21,23)/t16-,17+/m1/s1. The van der Waals surface area contributed by atoms with Crippen LogP contribution in [0.25, 0.3) is 0 Å². The average Bonchev–Trinajstić information content (AvgIpc) is 2.63. The molecule has 2 fully saturated rings. The first-order valence-electron chi connectivity index (χ1n) is 8.80. The van der Waals surface area contributed by atoms with Gasteiger partial charge in [0.25, 0.3) is 5.91 Å². The van der Waals surface area contributed by atoms with E-state index in [1.165, 1.54) is 19.3 Å². The molecule has 0 saturated carbocycles. The van der Waals surface area contributed by atoms with Crippen molar-refractivity contribution < 1.29 is 14.3 Å². The average molecular weight is 366 g/mol. The number of morpholine rings is 1. The van der Waals surface area contributed by atoms with Crippen molar-refractivity contribution in [1.82, 2.24) is 15.5 Å². The van der Waals surface area contributed by atoms with E-state index in [0.29, 0.717) is 17.1 Å². The number of piperidine rings is 1. The van der Waals surface area contributed by atoms with Crippen LogP contribution in [0, 0.1) is 0 Å². The number of likely N-dealkylation sites (tertiary alicyclic amines) is 1. The molecule has 7 heteroatoms. The molecule has 2 saturated heterocycles. The van der Waals surface area contributed by atoms with Gasteiger partial charge in [0.05, 0.1) is 6.04 Å². The topological polar surface area (TPSA) is 70.7 Å². The van der Waals surface area contributed by atoms with Gasteiger partial charge in [-0.05, 0) is 37.6 Å². The predicted octanol–water partition coefficient (Wildman–Crippen LogP) is 1.50. The lowest BCUT2D eigenvalue weighted by Crippen LogP contribution is -2.53. The van der Waals surface area contributed by atoms with Gasteiger partial charge >= 0.3 is 0 Å². The van der Waals surface area contributed by atoms with Crippen molar-refractivity contribution in [2.45, 2.75) is 31.4 Å². The van der Waals surface area contributed by atoms with Crippen LogP contribution in [0.5, 0.6) is 0 Å². The zero-order valence-corrected chi connectivity index (χ0v) is 14.9. The van der Waals surface area contributed by atoms with Crippen LogP contribution in [-0.4, -0.2) is 55.6 Å². The van der Waals surface area contributed by atoms with Gasteiger partial charge in [-0.1, -0.05) is 36.2 Å². The van der Waals surface area contributed by atoms with Crippen LogP contribution < -0.4 is 10.6 Å². The molecule has 1 aromatic rings. The Kier molecular flexibility index (Phi) is 6.29. The Labute approximate surface area is 152 Å². The lowest BCUT2D eigenvalue weighted by Gasteiger charge is -2.32. The fourth-order valence-electron chi connectivity index (χ4n) is 3.37. The van der Waals surface area contributed by atoms with E-state index >= 15 is 0 Å². The lowest BCUT2D eigenvalue weighted by molar-refractivity contribution is -0.148. The first-order valence-corrected chi connectivity index (χ1v) is 9.18. The molecule has 2 N–H and O–H groups in total. The normalized spacial score (nSPS) is 24.6. The van der Waals surface area contributed by atoms with E-state index in [-0.39, 0.29) is 18.4 Å². The van der Waals surface area contributed by atoms with E-state index in [2.05, 4.69) is 15.5 Å². The summed E-state index contributed by atoms with van der Waals surface area (Å²) < 4.78 is 5.52. The molecule has 2 aliphatic heterocycles. The van der Waals surface area contributed by atoms with E-state index < -0.39 is 12.1 Å². The second-order valence-electron chi connectivity index (χ2n) is 6.49. The van der Waals surface area contributed by atoms with Crippen molar-refractivity contribution in [1.29, 1.82) is 0 Å². The van der Waals surface area contributed by atoms with Crippen molar-refractivity contribution in [3.05, 3.63) is 34.9 Å². The Morgan fingerprint density at radius 3 is 2.80 bits per heavy atom. The molecule has 6 nitrogen and oxygen atoms in total. The van der Waals surface area contributed by atoms with Crippen molar-refractivity contribution in [2.75, 3.05) is 32.8 Å². The van der Waals surface area contributed by atoms with Gasteiger partial charge in [-0.25, -0.2) is 0 Å². The molecule has 1 aromatic carbocycles. The van der Waals surface area contributed by atoms with Crippen molar-refractivity contribution in [3.8, 4) is 0 Å². The summed E-state index contributed by atoms with van der Waals surface area (Å²) in [6.07, 6.45) is 2.96. The van der Waals surface area contributed by atoms with Gasteiger partial charge in [0.15, 0.2) is 6.10 Å². The van der Waals surface area contributed by atoms with Gasteiger partial charge < -0.3 is 20.3 Å². The fourth-order valence-corrected chi connectivity index (χ4v) is 3.62. The maximum absolute atomic E-state index is 12.6. The van der Waals surface area contributed by atoms with Crippen molar-refractivity contribution >= 4 is 23.4 Å². The Bertz CT molecular complexity index is 619. The van der Waals surface area contributed by atoms with Crippen LogP contribution in [0.2, 0.25) is 5.02 Å². The van der Waals surface area contributed by atoms with Crippen molar-refractivity contribution in [3.63, 3.8) is 0 Å². The summed E-state index contributed by atoms with van der Waals surface area (Å²) in [5.41, 5.74) is 0.688. The highest BCUT2D eigenvalue weighted by atomic mass is 35.5. The number of carbonyl (C=O) groups excluding carboxylic acids is 2. The predicted molar refractivity (Wildman–Crippen MR) is 95.4 cm³/mol. The van der Waals surface area contributed by atoms with Crippen LogP contribution in [-0.2, 0) is 14.3 Å². The number of nitrogens with one attached hydrogen (secondary N) is 2. The third-order valence-electron chi connectivity index (χ3n) is 4.69. The van der Waals surface area contributed by atoms with E-state index in [9.17, 15) is 9.59 Å². The van der Waals surface area contributed by atoms with Crippen LogP contribution in [0.3, 0.4) is 0 Å². The summed E-state index contributed by atoms with van der Waals surface area (Å²) in [6, 6.07) is 6.60. The second-order valence-corrected chi connectivity index (χ2v) is 6.90. The van der Waals surface area contributed by atoms with Gasteiger partial charge in [-0.3, -0.25) is 9.59 Å². The van der Waals surface area contributed by atoms with Gasteiger partial charge in [0.2, 0.25) is 5.91 Å². The fraction of sp³-hybridized carbons (Fsp3) is 0.556. The summed E-state index contributed by atoms with van der Waals surface area (Å²) >= 11 is 6.24. The molecule has 136 valence electrons. The van der Waals surface area contributed by atoms with E-state index in [4.69, 9.17) is 16.3 Å². The zero-order chi connectivity index (χ0) is 17.6. The SMILES string of the molecule is O=C1CO[C@H](C(=O)NCCN2CCCCC2)[C@@H](c2ccccc2Cl)N1. The number of halogens is 1. The van der Waals surface area contributed by atoms with Crippen molar-refractivity contribution in [2.24, 2.45) is 0 Å². The van der Waals surface area contributed by atoms with Crippen LogP contribution in [0.15, 0.2) is 24.3 Å². The number of rotatable bonds is 5. The summed E-state index contributed by atoms with van der Waals surface area (Å²) in [5, 5.41) is 6.26. The molecule has 2 amide bonds. The highest BCUT2D eigenvalue weighted by molar-refractivity contribution is 6.31. The Balaban J connectivity index is 1.60. The number of carbonyl (C=O) groups is 2. The molecule has 0 aliphatic carbocycles. The third-order valence-corrected chi connectivity index (χ3v) is 5.03. The number of benzene rings is 1. The number of amides is 2. The molecule has 0 radical (unpaired) electrons. The maximum atomic E-state index is 12.6. The minimum absolute atomic E-state index is 0.120. The first kappa shape index (κ1) is 18.2. The summed E-state index contributed by atoms with van der Waals surface area (Å²) in [6.45, 7) is 3.47. The molecule has 3 rings (SSSR count). The number of nitrogens with zero attached hydrogens (tertiary/aromatic N) is 1. The zero-order valence-electron chi connectivity index (χ0n) is 14.2. The molecule has 25 heavy (non-hydrogen) atoms. The molecule has 0 bridgehead atoms. The van der Waals surface area contributed by atoms with Gasteiger partial charge in [0, 0.05) is 18.1 Å². The Morgan fingerprint density at radius 2 is 2.04 bits per heavy atom. The highest BCUT2D eigenvalue weighted by Crippen LogP contribution is 2.28. The Hall–Kier alpha value is -1.63. The maximum Gasteiger partial charge on any atom is 0.251 e. The monoisotopic (exact) mass is 365 g/mol. The summed E-state index contributed by atoms with van der Waals surface area (Å²) in [4.78, 5) is 26.7. The molecule has 0 unspecified atom stereocenters. The van der Waals surface area contributed by atoms with Gasteiger partial charge in [-0.2, -0.15) is 0 Å². The quantitative estimate of drug-likeness (QED) is 0.829. The van der Waals surface area contributed by atoms with E-state index in [0.717, 1.165) is 19.6 Å². The molecule has 0 spiro atoms. The molecule has 2 aliphatic rings. The Morgan fingerprint density at radius 1 is 1.28 bits per heavy atom. The minimum atomic E-state index is -0.779. The van der Waals surface area contributed by atoms with E-state index in [1.807, 2.05) is 12.1 Å². The molecule has 2 atom stereocenters. The number of ether oxygens (including phenoxy) is 1. The van der Waals surface area contributed by atoms with Crippen LogP contribution >= 0.6 is 11.6 Å². The van der Waals surface area contributed by atoms with Gasteiger partial charge in [0.1, 0.15) is 6.61 Å². The summed E-state index contributed by atoms with van der Waals surface area (Å²) in [5.74, 6) is -0.468. The number of hydrogen-bond donors (Lipinski definition) is 2. The molecular weight excluding hydrogens is 342 g/mol. The second kappa shape index (κ2) is 8.65. The lowest BCUT2D eigenvalue weighted by atomic mass is 9.99. The minimum Gasteiger partial charge on any atom is -0.356 e. The first-order chi connectivity index (χ1) is 12.1. The van der Waals surface area contributed by atoms with Crippen LogP contribution in [0.1, 0.15) is 30.9 Å². The smallest absolute Gasteiger partial charge is 0.251 e. The van der Waals surface area contributed by atoms with E-state index in [1.54, 1.807) is 12.1 Å². The molecular formula is C18H24ClN3O3. The molecule has 0 aromatic heterocycles. The number of hydrogen-bond acceptors (Lipinski definition) is 4. The van der Waals surface area contributed by atoms with Gasteiger partial charge in [-0.15, -0.1) is 0 Å². The van der Waals surface area contributed by atoms with Crippen LogP contribution in [0.4, 0.5) is 0 Å². The summed E-state index contributed by atoms with van der Waals surface area (Å²) in [7, 11) is 0. The molecule has 2 heterocycles. The largest absolute Gasteiger partial charge is 0.356 e. The highest BCUT2D eigenvalue weighted by Gasteiger charge is 2.36.